The van der Waals surface area contributed by atoms with Crippen molar-refractivity contribution in [1.29, 1.82) is 0 Å². The van der Waals surface area contributed by atoms with Gasteiger partial charge in [-0.25, -0.2) is 4.98 Å². The molecule has 3 rings (SSSR count). The standard InChI is InChI=1S/C19H26N4O2/c1-22(13-14-23-11-5-2-6-12-23)18(24)10-9-17-19(25)21-16-8-4-3-7-15(16)20-17/h3-4,7-8H,2,5-6,9-14H2,1H3,(H,21,25). The lowest BCUT2D eigenvalue weighted by molar-refractivity contribution is -0.130. The molecule has 6 heteroatoms. The highest BCUT2D eigenvalue weighted by atomic mass is 16.2. The minimum absolute atomic E-state index is 0.0615. The quantitative estimate of drug-likeness (QED) is 0.869. The van der Waals surface area contributed by atoms with Gasteiger partial charge in [0.25, 0.3) is 5.56 Å². The monoisotopic (exact) mass is 342 g/mol. The van der Waals surface area contributed by atoms with E-state index < -0.39 is 0 Å². The van der Waals surface area contributed by atoms with Crippen molar-refractivity contribution in [2.45, 2.75) is 32.1 Å². The number of nitrogens with one attached hydrogen (secondary N) is 1. The van der Waals surface area contributed by atoms with E-state index >= 15 is 0 Å². The normalized spacial score (nSPS) is 15.4. The summed E-state index contributed by atoms with van der Waals surface area (Å²) >= 11 is 0. The number of likely N-dealkylation sites (tertiary alicyclic amines) is 1. The van der Waals surface area contributed by atoms with Gasteiger partial charge in [-0.1, -0.05) is 18.6 Å². The molecule has 0 radical (unpaired) electrons. The summed E-state index contributed by atoms with van der Waals surface area (Å²) < 4.78 is 0. The van der Waals surface area contributed by atoms with Crippen LogP contribution in [-0.2, 0) is 11.2 Å². The number of para-hydroxylation sites is 2. The molecular weight excluding hydrogens is 316 g/mol. The van der Waals surface area contributed by atoms with Crippen molar-refractivity contribution in [3.8, 4) is 0 Å². The molecule has 25 heavy (non-hydrogen) atoms. The summed E-state index contributed by atoms with van der Waals surface area (Å²) in [6.45, 7) is 3.94. The third kappa shape index (κ3) is 4.66. The number of rotatable bonds is 6. The number of aromatic nitrogens is 2. The molecule has 0 bridgehead atoms. The van der Waals surface area contributed by atoms with E-state index in [9.17, 15) is 9.59 Å². The number of hydrogen-bond acceptors (Lipinski definition) is 4. The third-order valence-electron chi connectivity index (χ3n) is 4.87. The molecule has 1 aromatic heterocycles. The Balaban J connectivity index is 1.52. The molecular formula is C19H26N4O2. The SMILES string of the molecule is CN(CCN1CCCCC1)C(=O)CCc1nc2ccccc2[nH]c1=O. The Bertz CT molecular complexity index is 780. The largest absolute Gasteiger partial charge is 0.344 e. The summed E-state index contributed by atoms with van der Waals surface area (Å²) in [6, 6.07) is 7.44. The molecule has 0 saturated carbocycles. The highest BCUT2D eigenvalue weighted by molar-refractivity contribution is 5.76. The van der Waals surface area contributed by atoms with Gasteiger partial charge in [0.05, 0.1) is 11.0 Å². The molecule has 0 spiro atoms. The van der Waals surface area contributed by atoms with Gasteiger partial charge in [-0.05, 0) is 38.1 Å². The first-order valence-corrected chi connectivity index (χ1v) is 9.08. The number of nitrogens with zero attached hydrogens (tertiary/aromatic N) is 3. The molecule has 1 fully saturated rings. The predicted octanol–water partition coefficient (Wildman–Crippen LogP) is 1.80. The van der Waals surface area contributed by atoms with Crippen molar-refractivity contribution in [3.05, 3.63) is 40.3 Å². The summed E-state index contributed by atoms with van der Waals surface area (Å²) in [4.78, 5) is 35.8. The molecule has 1 N–H and O–H groups in total. The van der Waals surface area contributed by atoms with Crippen LogP contribution in [0.3, 0.4) is 0 Å². The van der Waals surface area contributed by atoms with Crippen LogP contribution < -0.4 is 5.56 Å². The number of aryl methyl sites for hydroxylation is 1. The van der Waals surface area contributed by atoms with Gasteiger partial charge in [-0.15, -0.1) is 0 Å². The Morgan fingerprint density at radius 1 is 1.24 bits per heavy atom. The summed E-state index contributed by atoms with van der Waals surface area (Å²) in [5.74, 6) is 0.0615. The fraction of sp³-hybridized carbons (Fsp3) is 0.526. The van der Waals surface area contributed by atoms with Gasteiger partial charge in [-0.3, -0.25) is 9.59 Å². The van der Waals surface area contributed by atoms with Gasteiger partial charge in [0.1, 0.15) is 5.69 Å². The third-order valence-corrected chi connectivity index (χ3v) is 4.87. The number of H-pyrrole nitrogens is 1. The Morgan fingerprint density at radius 3 is 2.80 bits per heavy atom. The topological polar surface area (TPSA) is 69.3 Å². The molecule has 1 aromatic carbocycles. The number of piperidine rings is 1. The molecule has 134 valence electrons. The highest BCUT2D eigenvalue weighted by Crippen LogP contribution is 2.09. The Morgan fingerprint density at radius 2 is 2.00 bits per heavy atom. The van der Waals surface area contributed by atoms with Crippen LogP contribution in [0.15, 0.2) is 29.1 Å². The Hall–Kier alpha value is -2.21. The van der Waals surface area contributed by atoms with Gasteiger partial charge in [0.15, 0.2) is 0 Å². The van der Waals surface area contributed by atoms with Crippen LogP contribution in [0.2, 0.25) is 0 Å². The molecule has 0 unspecified atom stereocenters. The van der Waals surface area contributed by atoms with Crippen LogP contribution >= 0.6 is 0 Å². The van der Waals surface area contributed by atoms with Crippen LogP contribution in [0.5, 0.6) is 0 Å². The lowest BCUT2D eigenvalue weighted by Gasteiger charge is -2.28. The van der Waals surface area contributed by atoms with E-state index in [-0.39, 0.29) is 11.5 Å². The van der Waals surface area contributed by atoms with E-state index in [4.69, 9.17) is 0 Å². The fourth-order valence-electron chi connectivity index (χ4n) is 3.25. The fourth-order valence-corrected chi connectivity index (χ4v) is 3.25. The van der Waals surface area contributed by atoms with E-state index in [1.165, 1.54) is 19.3 Å². The van der Waals surface area contributed by atoms with Gasteiger partial charge >= 0.3 is 0 Å². The predicted molar refractivity (Wildman–Crippen MR) is 98.6 cm³/mol. The smallest absolute Gasteiger partial charge is 0.270 e. The molecule has 1 amide bonds. The zero-order valence-corrected chi connectivity index (χ0v) is 14.8. The minimum Gasteiger partial charge on any atom is -0.344 e. The number of amides is 1. The molecule has 6 nitrogen and oxygen atoms in total. The maximum atomic E-state index is 12.3. The van der Waals surface area contributed by atoms with Crippen molar-refractivity contribution in [2.75, 3.05) is 33.2 Å². The van der Waals surface area contributed by atoms with Crippen molar-refractivity contribution >= 4 is 16.9 Å². The number of benzene rings is 1. The minimum atomic E-state index is -0.206. The zero-order valence-electron chi connectivity index (χ0n) is 14.8. The van der Waals surface area contributed by atoms with Crippen LogP contribution in [0.4, 0.5) is 0 Å². The van der Waals surface area contributed by atoms with E-state index in [0.717, 1.165) is 37.2 Å². The number of fused-ring (bicyclic) bond motifs is 1. The highest BCUT2D eigenvalue weighted by Gasteiger charge is 2.14. The Labute approximate surface area is 147 Å². The lowest BCUT2D eigenvalue weighted by Crippen LogP contribution is -2.38. The van der Waals surface area contributed by atoms with Gasteiger partial charge < -0.3 is 14.8 Å². The van der Waals surface area contributed by atoms with E-state index in [0.29, 0.717) is 18.5 Å². The molecule has 1 aliphatic heterocycles. The second-order valence-electron chi connectivity index (χ2n) is 6.75. The summed E-state index contributed by atoms with van der Waals surface area (Å²) in [5.41, 5.74) is 1.70. The van der Waals surface area contributed by atoms with Crippen LogP contribution in [0.25, 0.3) is 11.0 Å². The molecule has 1 aliphatic rings. The van der Waals surface area contributed by atoms with Crippen molar-refractivity contribution in [2.24, 2.45) is 0 Å². The van der Waals surface area contributed by atoms with Crippen LogP contribution in [0.1, 0.15) is 31.4 Å². The number of carbonyl (C=O) groups is 1. The molecule has 1 saturated heterocycles. The van der Waals surface area contributed by atoms with E-state index in [1.54, 1.807) is 4.90 Å². The van der Waals surface area contributed by atoms with E-state index in [2.05, 4.69) is 14.9 Å². The van der Waals surface area contributed by atoms with Crippen molar-refractivity contribution in [3.63, 3.8) is 0 Å². The first-order chi connectivity index (χ1) is 12.1. The first-order valence-electron chi connectivity index (χ1n) is 9.08. The average Bonchev–Trinajstić information content (AvgIpc) is 2.65. The van der Waals surface area contributed by atoms with Gasteiger partial charge in [0.2, 0.25) is 5.91 Å². The molecule has 0 atom stereocenters. The summed E-state index contributed by atoms with van der Waals surface area (Å²) in [5, 5.41) is 0. The average molecular weight is 342 g/mol. The maximum absolute atomic E-state index is 12.3. The summed E-state index contributed by atoms with van der Waals surface area (Å²) in [6.07, 6.45) is 4.51. The van der Waals surface area contributed by atoms with Crippen LogP contribution in [0, 0.1) is 0 Å². The number of hydrogen-bond donors (Lipinski definition) is 1. The second kappa shape index (κ2) is 8.25. The Kier molecular flexibility index (Phi) is 5.81. The zero-order chi connectivity index (χ0) is 17.6. The van der Waals surface area contributed by atoms with Crippen molar-refractivity contribution < 1.29 is 4.79 Å². The maximum Gasteiger partial charge on any atom is 0.270 e. The van der Waals surface area contributed by atoms with Crippen molar-refractivity contribution in [1.82, 2.24) is 19.8 Å². The molecule has 2 aromatic rings. The van der Waals surface area contributed by atoms with Gasteiger partial charge in [-0.2, -0.15) is 0 Å². The van der Waals surface area contributed by atoms with Crippen LogP contribution in [-0.4, -0.2) is 58.9 Å². The first kappa shape index (κ1) is 17.6. The number of likely N-dealkylation sites (N-methyl/N-ethyl adjacent to an activating group) is 1. The molecule has 2 heterocycles. The van der Waals surface area contributed by atoms with E-state index in [1.807, 2.05) is 31.3 Å². The summed E-state index contributed by atoms with van der Waals surface area (Å²) in [7, 11) is 1.84. The number of aromatic amines is 1. The lowest BCUT2D eigenvalue weighted by atomic mass is 10.1. The molecule has 0 aliphatic carbocycles. The number of carbonyl (C=O) groups excluding carboxylic acids is 1. The van der Waals surface area contributed by atoms with Gasteiger partial charge in [0, 0.05) is 33.0 Å². The second-order valence-corrected chi connectivity index (χ2v) is 6.75.